The number of benzene rings is 2. The second-order valence-electron chi connectivity index (χ2n) is 7.34. The molecule has 0 fully saturated rings. The van der Waals surface area contributed by atoms with E-state index in [9.17, 15) is 4.79 Å². The lowest BCUT2D eigenvalue weighted by atomic mass is 9.87. The van der Waals surface area contributed by atoms with Gasteiger partial charge >= 0.3 is 0 Å². The Morgan fingerprint density at radius 1 is 1.07 bits per heavy atom. The Labute approximate surface area is 171 Å². The molecule has 3 N–H and O–H groups in total. The number of unbranched alkanes of at least 4 members (excludes halogenated alkanes) is 2. The second-order valence-corrected chi connectivity index (χ2v) is 7.34. The van der Waals surface area contributed by atoms with Crippen LogP contribution in [0.25, 0.3) is 6.08 Å². The zero-order valence-corrected chi connectivity index (χ0v) is 16.6. The minimum Gasteiger partial charge on any atom is -0.396 e. The molecule has 5 nitrogen and oxygen atoms in total. The maximum Gasteiger partial charge on any atom is 0.267 e. The third-order valence-electron chi connectivity index (χ3n) is 5.30. The van der Waals surface area contributed by atoms with Crippen LogP contribution >= 0.6 is 0 Å². The molecule has 1 aliphatic rings. The van der Waals surface area contributed by atoms with Gasteiger partial charge in [0.05, 0.1) is 5.69 Å². The van der Waals surface area contributed by atoms with Crippen molar-refractivity contribution < 1.29 is 15.1 Å². The summed E-state index contributed by atoms with van der Waals surface area (Å²) in [6.45, 7) is 0.243. The van der Waals surface area contributed by atoms with Gasteiger partial charge in [0.2, 0.25) is 0 Å². The zero-order valence-electron chi connectivity index (χ0n) is 16.6. The van der Waals surface area contributed by atoms with E-state index in [1.165, 1.54) is 22.9 Å². The number of amides is 1. The third-order valence-corrected chi connectivity index (χ3v) is 5.30. The van der Waals surface area contributed by atoms with E-state index in [0.717, 1.165) is 49.8 Å². The second kappa shape index (κ2) is 10.7. The highest BCUT2D eigenvalue weighted by molar-refractivity contribution is 5.98. The number of nitrogens with zero attached hydrogens (tertiary/aromatic N) is 1. The van der Waals surface area contributed by atoms with Crippen molar-refractivity contribution >= 4 is 23.4 Å². The Kier molecular flexibility index (Phi) is 7.73. The van der Waals surface area contributed by atoms with Gasteiger partial charge in [-0.3, -0.25) is 15.0 Å². The molecule has 2 aromatic rings. The molecule has 0 saturated carbocycles. The van der Waals surface area contributed by atoms with Gasteiger partial charge in [-0.15, -0.1) is 0 Å². The average Bonchev–Trinajstić information content (AvgIpc) is 3.11. The first-order chi connectivity index (χ1) is 14.2. The summed E-state index contributed by atoms with van der Waals surface area (Å²) in [7, 11) is 0. The molecule has 5 heteroatoms. The standard InChI is InChI=1S/C24H28N2O3/c27-16-6-2-5-9-20-21-13-10-19(12-15-24(28)26-29)17-23(21)25-22(20)14-11-18-7-3-1-4-8-18/h1,3-4,7-8,10,12-13,15,17,20,27,29H,2,5-6,9,11,14,16H2,(H,26,28)/b15-12+. The van der Waals surface area contributed by atoms with Crippen LogP contribution in [0.15, 0.2) is 59.6 Å². The molecule has 152 valence electrons. The molecule has 1 unspecified atom stereocenters. The molecule has 0 saturated heterocycles. The monoisotopic (exact) mass is 392 g/mol. The Hall–Kier alpha value is -2.76. The fourth-order valence-corrected chi connectivity index (χ4v) is 3.78. The van der Waals surface area contributed by atoms with E-state index in [1.54, 1.807) is 11.6 Å². The highest BCUT2D eigenvalue weighted by atomic mass is 16.5. The van der Waals surface area contributed by atoms with Gasteiger partial charge in [0, 0.05) is 24.3 Å². The van der Waals surface area contributed by atoms with Gasteiger partial charge < -0.3 is 5.11 Å². The zero-order chi connectivity index (χ0) is 20.5. The molecule has 1 amide bonds. The lowest BCUT2D eigenvalue weighted by Gasteiger charge is -2.15. The van der Waals surface area contributed by atoms with E-state index in [1.807, 2.05) is 18.2 Å². The van der Waals surface area contributed by atoms with Crippen molar-refractivity contribution in [3.8, 4) is 0 Å². The molecule has 2 aromatic carbocycles. The summed E-state index contributed by atoms with van der Waals surface area (Å²) >= 11 is 0. The maximum absolute atomic E-state index is 11.2. The first-order valence-electron chi connectivity index (χ1n) is 10.2. The molecule has 0 bridgehead atoms. The number of aliphatic hydroxyl groups is 1. The van der Waals surface area contributed by atoms with Crippen molar-refractivity contribution in [3.05, 3.63) is 71.3 Å². The Balaban J connectivity index is 1.76. The summed E-state index contributed by atoms with van der Waals surface area (Å²) in [5.74, 6) is -0.245. The molecule has 0 aliphatic carbocycles. The van der Waals surface area contributed by atoms with E-state index in [4.69, 9.17) is 15.3 Å². The summed E-state index contributed by atoms with van der Waals surface area (Å²) < 4.78 is 0. The van der Waals surface area contributed by atoms with Crippen LogP contribution in [0.3, 0.4) is 0 Å². The summed E-state index contributed by atoms with van der Waals surface area (Å²) in [5, 5.41) is 17.7. The molecule has 3 rings (SSSR count). The molecule has 0 aromatic heterocycles. The smallest absolute Gasteiger partial charge is 0.267 e. The molecule has 1 atom stereocenters. The summed E-state index contributed by atoms with van der Waals surface area (Å²) in [5.41, 5.74) is 7.19. The number of aryl methyl sites for hydroxylation is 1. The average molecular weight is 392 g/mol. The number of aliphatic hydroxyl groups excluding tert-OH is 1. The van der Waals surface area contributed by atoms with Gasteiger partial charge in [-0.1, -0.05) is 55.3 Å². The number of hydrogen-bond donors (Lipinski definition) is 3. The normalized spacial score (nSPS) is 15.4. The van der Waals surface area contributed by atoms with Crippen LogP contribution in [0.5, 0.6) is 0 Å². The van der Waals surface area contributed by atoms with Gasteiger partial charge in [0.1, 0.15) is 0 Å². The van der Waals surface area contributed by atoms with Crippen LogP contribution in [-0.4, -0.2) is 28.5 Å². The Bertz CT molecular complexity index is 875. The van der Waals surface area contributed by atoms with E-state index in [2.05, 4.69) is 30.3 Å². The van der Waals surface area contributed by atoms with Crippen molar-refractivity contribution in [2.45, 2.75) is 44.4 Å². The number of rotatable bonds is 10. The van der Waals surface area contributed by atoms with Gasteiger partial charge in [0.25, 0.3) is 5.91 Å². The molecular formula is C24H28N2O3. The molecule has 1 aliphatic heterocycles. The molecule has 0 radical (unpaired) electrons. The van der Waals surface area contributed by atoms with Crippen LogP contribution in [0.2, 0.25) is 0 Å². The van der Waals surface area contributed by atoms with E-state index in [-0.39, 0.29) is 6.61 Å². The van der Waals surface area contributed by atoms with Crippen LogP contribution in [0.1, 0.15) is 54.7 Å². The number of fused-ring (bicyclic) bond motifs is 1. The number of carbonyl (C=O) groups is 1. The first-order valence-corrected chi connectivity index (χ1v) is 10.2. The van der Waals surface area contributed by atoms with Gasteiger partial charge in [-0.25, -0.2) is 5.48 Å². The number of carbonyl (C=O) groups excluding carboxylic acids is 1. The third kappa shape index (κ3) is 5.86. The Morgan fingerprint density at radius 2 is 1.90 bits per heavy atom. The number of nitrogens with one attached hydrogen (secondary N) is 1. The molecule has 1 heterocycles. The lowest BCUT2D eigenvalue weighted by Crippen LogP contribution is -2.14. The van der Waals surface area contributed by atoms with E-state index in [0.29, 0.717) is 5.92 Å². The first kappa shape index (κ1) is 21.0. The number of hydrogen-bond acceptors (Lipinski definition) is 4. The number of hydroxylamine groups is 1. The predicted molar refractivity (Wildman–Crippen MR) is 116 cm³/mol. The minimum atomic E-state index is -0.556. The maximum atomic E-state index is 11.2. The van der Waals surface area contributed by atoms with Crippen LogP contribution in [0.4, 0.5) is 5.69 Å². The molecule has 0 spiro atoms. The minimum absolute atomic E-state index is 0.243. The molecule has 29 heavy (non-hydrogen) atoms. The van der Waals surface area contributed by atoms with Gasteiger partial charge in [-0.05, 0) is 54.5 Å². The largest absolute Gasteiger partial charge is 0.396 e. The van der Waals surface area contributed by atoms with Crippen molar-refractivity contribution in [1.29, 1.82) is 0 Å². The van der Waals surface area contributed by atoms with Gasteiger partial charge in [-0.2, -0.15) is 0 Å². The highest BCUT2D eigenvalue weighted by Crippen LogP contribution is 2.40. The lowest BCUT2D eigenvalue weighted by molar-refractivity contribution is -0.124. The SMILES string of the molecule is O=C(/C=C/c1ccc2c(c1)N=C(CCc1ccccc1)C2CCCCCO)NO. The van der Waals surface area contributed by atoms with Crippen LogP contribution in [-0.2, 0) is 11.2 Å². The fraction of sp³-hybridized carbons (Fsp3) is 0.333. The van der Waals surface area contributed by atoms with Crippen LogP contribution < -0.4 is 5.48 Å². The topological polar surface area (TPSA) is 81.9 Å². The Morgan fingerprint density at radius 3 is 2.66 bits per heavy atom. The highest BCUT2D eigenvalue weighted by Gasteiger charge is 2.26. The van der Waals surface area contributed by atoms with Crippen molar-refractivity contribution in [2.24, 2.45) is 4.99 Å². The quantitative estimate of drug-likeness (QED) is 0.240. The summed E-state index contributed by atoms with van der Waals surface area (Å²) in [6, 6.07) is 16.5. The molecular weight excluding hydrogens is 364 g/mol. The predicted octanol–water partition coefficient (Wildman–Crippen LogP) is 4.56. The van der Waals surface area contributed by atoms with E-state index >= 15 is 0 Å². The summed E-state index contributed by atoms with van der Waals surface area (Å²) in [6.07, 6.45) is 8.79. The number of aliphatic imine (C=N–C) groups is 1. The fourth-order valence-electron chi connectivity index (χ4n) is 3.78. The van der Waals surface area contributed by atoms with Crippen LogP contribution in [0, 0.1) is 0 Å². The van der Waals surface area contributed by atoms with Crippen molar-refractivity contribution in [2.75, 3.05) is 6.61 Å². The van der Waals surface area contributed by atoms with Crippen molar-refractivity contribution in [1.82, 2.24) is 5.48 Å². The van der Waals surface area contributed by atoms with Gasteiger partial charge in [0.15, 0.2) is 0 Å². The van der Waals surface area contributed by atoms with Crippen molar-refractivity contribution in [3.63, 3.8) is 0 Å². The summed E-state index contributed by atoms with van der Waals surface area (Å²) in [4.78, 5) is 16.2. The van der Waals surface area contributed by atoms with E-state index < -0.39 is 5.91 Å².